The van der Waals surface area contributed by atoms with E-state index in [2.05, 4.69) is 10.4 Å². The van der Waals surface area contributed by atoms with Crippen molar-refractivity contribution in [3.63, 3.8) is 0 Å². The van der Waals surface area contributed by atoms with Crippen LogP contribution in [-0.2, 0) is 6.67 Å². The maximum atomic E-state index is 12.9. The van der Waals surface area contributed by atoms with Crippen molar-refractivity contribution in [1.82, 2.24) is 14.7 Å². The van der Waals surface area contributed by atoms with Crippen LogP contribution >= 0.6 is 23.6 Å². The first kappa shape index (κ1) is 18.1. The third-order valence-electron chi connectivity index (χ3n) is 4.84. The topological polar surface area (TPSA) is 33.1 Å². The van der Waals surface area contributed by atoms with Gasteiger partial charge in [-0.25, -0.2) is 4.68 Å². The van der Waals surface area contributed by atoms with Gasteiger partial charge in [0, 0.05) is 12.6 Å². The SMILES string of the molecule is FC(F)(F)C1CCCN(Cn2nc(NC3CCCCC3)sc2=S)C1. The highest BCUT2D eigenvalue weighted by Crippen LogP contribution is 2.33. The Hall–Kier alpha value is -0.670. The van der Waals surface area contributed by atoms with E-state index in [-0.39, 0.29) is 13.0 Å². The highest BCUT2D eigenvalue weighted by Gasteiger charge is 2.41. The normalized spacial score (nSPS) is 24.2. The molecule has 2 fully saturated rings. The van der Waals surface area contributed by atoms with Gasteiger partial charge in [0.2, 0.25) is 5.13 Å². The third-order valence-corrected chi connectivity index (χ3v) is 6.08. The quantitative estimate of drug-likeness (QED) is 0.771. The molecule has 0 spiro atoms. The summed E-state index contributed by atoms with van der Waals surface area (Å²) in [6.45, 7) is 1.04. The number of alkyl halides is 3. The third kappa shape index (κ3) is 4.70. The molecule has 136 valence electrons. The zero-order valence-electron chi connectivity index (χ0n) is 13.5. The van der Waals surface area contributed by atoms with E-state index in [1.54, 1.807) is 4.68 Å². The average Bonchev–Trinajstić information content (AvgIpc) is 2.87. The second-order valence-electron chi connectivity index (χ2n) is 6.75. The number of nitrogens with one attached hydrogen (secondary N) is 1. The monoisotopic (exact) mass is 380 g/mol. The lowest BCUT2D eigenvalue weighted by molar-refractivity contribution is -0.188. The highest BCUT2D eigenvalue weighted by molar-refractivity contribution is 7.73. The van der Waals surface area contributed by atoms with Crippen LogP contribution in [0.5, 0.6) is 0 Å². The number of hydrogen-bond acceptors (Lipinski definition) is 5. The summed E-state index contributed by atoms with van der Waals surface area (Å²) in [5, 5.41) is 8.70. The first-order valence-corrected chi connectivity index (χ1v) is 9.78. The van der Waals surface area contributed by atoms with E-state index in [0.29, 0.717) is 29.6 Å². The summed E-state index contributed by atoms with van der Waals surface area (Å²) < 4.78 is 41.0. The van der Waals surface area contributed by atoms with Crippen LogP contribution in [0.2, 0.25) is 0 Å². The number of hydrogen-bond donors (Lipinski definition) is 1. The second-order valence-corrected chi connectivity index (χ2v) is 8.37. The van der Waals surface area contributed by atoms with Crippen molar-refractivity contribution in [3.8, 4) is 0 Å². The van der Waals surface area contributed by atoms with Crippen LogP contribution in [0.15, 0.2) is 0 Å². The van der Waals surface area contributed by atoms with Gasteiger partial charge in [0.1, 0.15) is 0 Å². The fraction of sp³-hybridized carbons (Fsp3) is 0.867. The van der Waals surface area contributed by atoms with Crippen LogP contribution in [0.3, 0.4) is 0 Å². The van der Waals surface area contributed by atoms with E-state index in [0.717, 1.165) is 18.0 Å². The smallest absolute Gasteiger partial charge is 0.357 e. The van der Waals surface area contributed by atoms with Crippen molar-refractivity contribution in [3.05, 3.63) is 3.95 Å². The molecule has 0 radical (unpaired) electrons. The summed E-state index contributed by atoms with van der Waals surface area (Å²) in [5.74, 6) is -1.24. The van der Waals surface area contributed by atoms with E-state index >= 15 is 0 Å². The lowest BCUT2D eigenvalue weighted by Crippen LogP contribution is -2.42. The van der Waals surface area contributed by atoms with Crippen LogP contribution in [0, 0.1) is 9.87 Å². The predicted octanol–water partition coefficient (Wildman–Crippen LogP) is 4.65. The first-order chi connectivity index (χ1) is 11.4. The Balaban J connectivity index is 1.59. The number of halogens is 3. The van der Waals surface area contributed by atoms with Gasteiger partial charge in [-0.15, -0.1) is 5.10 Å². The number of aromatic nitrogens is 2. The minimum absolute atomic E-state index is 0.0359. The van der Waals surface area contributed by atoms with Crippen molar-refractivity contribution in [2.45, 2.75) is 63.8 Å². The molecule has 2 aliphatic rings. The van der Waals surface area contributed by atoms with Gasteiger partial charge in [-0.2, -0.15) is 13.2 Å². The van der Waals surface area contributed by atoms with Crippen molar-refractivity contribution in [2.24, 2.45) is 5.92 Å². The number of anilines is 1. The van der Waals surface area contributed by atoms with Crippen molar-refractivity contribution >= 4 is 28.7 Å². The molecule has 1 N–H and O–H groups in total. The van der Waals surface area contributed by atoms with E-state index in [1.165, 1.54) is 30.6 Å². The summed E-state index contributed by atoms with van der Waals surface area (Å²) >= 11 is 6.75. The maximum Gasteiger partial charge on any atom is 0.393 e. The van der Waals surface area contributed by atoms with Crippen LogP contribution in [0.4, 0.5) is 18.3 Å². The Bertz CT molecular complexity index is 592. The Morgan fingerprint density at radius 3 is 2.62 bits per heavy atom. The Morgan fingerprint density at radius 1 is 1.17 bits per heavy atom. The summed E-state index contributed by atoms with van der Waals surface area (Å²) in [7, 11) is 0. The summed E-state index contributed by atoms with van der Waals surface area (Å²) in [4.78, 5) is 1.81. The molecule has 3 rings (SSSR count). The van der Waals surface area contributed by atoms with Crippen LogP contribution in [0.1, 0.15) is 44.9 Å². The molecule has 1 saturated carbocycles. The molecule has 9 heteroatoms. The Morgan fingerprint density at radius 2 is 1.92 bits per heavy atom. The lowest BCUT2D eigenvalue weighted by atomic mass is 9.96. The van der Waals surface area contributed by atoms with E-state index in [1.807, 2.05) is 4.90 Å². The van der Waals surface area contributed by atoms with Gasteiger partial charge < -0.3 is 5.32 Å². The van der Waals surface area contributed by atoms with E-state index in [9.17, 15) is 13.2 Å². The largest absolute Gasteiger partial charge is 0.393 e. The molecule has 24 heavy (non-hydrogen) atoms. The minimum atomic E-state index is -4.12. The molecular formula is C15H23F3N4S2. The number of piperidine rings is 1. The first-order valence-electron chi connectivity index (χ1n) is 8.55. The summed E-state index contributed by atoms with van der Waals surface area (Å²) in [6.07, 6.45) is 2.71. The van der Waals surface area contributed by atoms with Gasteiger partial charge in [-0.3, -0.25) is 4.90 Å². The molecule has 4 nitrogen and oxygen atoms in total. The Kier molecular flexibility index (Phi) is 5.82. The molecule has 1 atom stereocenters. The zero-order chi connectivity index (χ0) is 17.2. The standard InChI is InChI=1S/C15H23F3N4S2/c16-15(17,18)11-5-4-8-21(9-11)10-22-14(23)24-13(20-22)19-12-6-2-1-3-7-12/h11-12H,1-10H2,(H,19,20). The van der Waals surface area contributed by atoms with Gasteiger partial charge in [0.05, 0.1) is 12.6 Å². The second kappa shape index (κ2) is 7.70. The van der Waals surface area contributed by atoms with Crippen molar-refractivity contribution < 1.29 is 13.2 Å². The van der Waals surface area contributed by atoms with Crippen LogP contribution in [0.25, 0.3) is 0 Å². The average molecular weight is 381 g/mol. The van der Waals surface area contributed by atoms with Gasteiger partial charge in [0.25, 0.3) is 0 Å². The van der Waals surface area contributed by atoms with Crippen LogP contribution < -0.4 is 5.32 Å². The highest BCUT2D eigenvalue weighted by atomic mass is 32.1. The van der Waals surface area contributed by atoms with E-state index < -0.39 is 12.1 Å². The summed E-state index contributed by atoms with van der Waals surface area (Å²) in [6, 6.07) is 0.442. The van der Waals surface area contributed by atoms with Gasteiger partial charge >= 0.3 is 6.18 Å². The van der Waals surface area contributed by atoms with Crippen LogP contribution in [-0.4, -0.2) is 40.0 Å². The lowest BCUT2D eigenvalue weighted by Gasteiger charge is -2.33. The molecule has 1 aliphatic carbocycles. The predicted molar refractivity (Wildman–Crippen MR) is 91.8 cm³/mol. The maximum absolute atomic E-state index is 12.9. The molecule has 1 aliphatic heterocycles. The molecule has 0 amide bonds. The Labute approximate surface area is 149 Å². The molecule has 1 unspecified atom stereocenters. The van der Waals surface area contributed by atoms with Crippen molar-refractivity contribution in [1.29, 1.82) is 0 Å². The van der Waals surface area contributed by atoms with Gasteiger partial charge in [0.15, 0.2) is 3.95 Å². The number of nitrogens with zero attached hydrogens (tertiary/aromatic N) is 3. The van der Waals surface area contributed by atoms with Crippen molar-refractivity contribution in [2.75, 3.05) is 18.4 Å². The molecule has 0 aromatic carbocycles. The van der Waals surface area contributed by atoms with Gasteiger partial charge in [-0.1, -0.05) is 30.6 Å². The molecule has 1 saturated heterocycles. The molecule has 0 bridgehead atoms. The fourth-order valence-electron chi connectivity index (χ4n) is 3.52. The summed E-state index contributed by atoms with van der Waals surface area (Å²) in [5.41, 5.74) is 0. The zero-order valence-corrected chi connectivity index (χ0v) is 15.2. The fourth-order valence-corrected chi connectivity index (χ4v) is 4.59. The van der Waals surface area contributed by atoms with Gasteiger partial charge in [-0.05, 0) is 44.4 Å². The molecule has 1 aromatic rings. The number of likely N-dealkylation sites (tertiary alicyclic amines) is 1. The molecule has 1 aromatic heterocycles. The molecule has 2 heterocycles. The molecular weight excluding hydrogens is 357 g/mol. The number of rotatable bonds is 4. The minimum Gasteiger partial charge on any atom is -0.357 e. The van der Waals surface area contributed by atoms with E-state index in [4.69, 9.17) is 12.2 Å².